The van der Waals surface area contributed by atoms with Crippen LogP contribution in [0.5, 0.6) is 0 Å². The minimum atomic E-state index is -0.476. The Kier molecular flexibility index (Phi) is 4.91. The van der Waals surface area contributed by atoms with E-state index < -0.39 is 17.7 Å². The molecule has 0 aliphatic carbocycles. The van der Waals surface area contributed by atoms with Crippen molar-refractivity contribution in [2.45, 2.75) is 0 Å². The van der Waals surface area contributed by atoms with Crippen molar-refractivity contribution < 1.29 is 14.4 Å². The summed E-state index contributed by atoms with van der Waals surface area (Å²) in [4.78, 5) is 39.6. The van der Waals surface area contributed by atoms with Crippen LogP contribution in [0.4, 0.5) is 11.4 Å². The quantitative estimate of drug-likeness (QED) is 0.405. The number of rotatable bonds is 3. The molecular weight excluding hydrogens is 491 g/mol. The molecule has 0 saturated heterocycles. The molecule has 1 N–H and O–H groups in total. The average Bonchev–Trinajstić information content (AvgIpc) is 2.95. The SMILES string of the molecule is O=C(Nc1cccc2c1C(=O)N(c1ccccc1)C2=O)c1cc(I)ccc1Cl. The van der Waals surface area contributed by atoms with Crippen LogP contribution in [-0.2, 0) is 0 Å². The normalized spacial score (nSPS) is 12.9. The molecule has 0 spiro atoms. The van der Waals surface area contributed by atoms with Crippen LogP contribution in [0.2, 0.25) is 5.02 Å². The maximum absolute atomic E-state index is 13.0. The van der Waals surface area contributed by atoms with Crippen LogP contribution < -0.4 is 10.2 Å². The van der Waals surface area contributed by atoms with Gasteiger partial charge < -0.3 is 5.32 Å². The Morgan fingerprint density at radius 2 is 1.68 bits per heavy atom. The lowest BCUT2D eigenvalue weighted by Gasteiger charge is -2.14. The van der Waals surface area contributed by atoms with Gasteiger partial charge in [0.05, 0.1) is 33.1 Å². The molecule has 28 heavy (non-hydrogen) atoms. The van der Waals surface area contributed by atoms with Gasteiger partial charge in [0.1, 0.15) is 0 Å². The number of carbonyl (C=O) groups excluding carboxylic acids is 3. The third-order valence-electron chi connectivity index (χ3n) is 4.35. The van der Waals surface area contributed by atoms with E-state index in [4.69, 9.17) is 11.6 Å². The van der Waals surface area contributed by atoms with Crippen molar-refractivity contribution in [1.82, 2.24) is 0 Å². The lowest BCUT2D eigenvalue weighted by atomic mass is 10.1. The van der Waals surface area contributed by atoms with E-state index in [2.05, 4.69) is 27.9 Å². The number of hydrogen-bond acceptors (Lipinski definition) is 3. The number of benzene rings is 3. The van der Waals surface area contributed by atoms with Crippen LogP contribution >= 0.6 is 34.2 Å². The van der Waals surface area contributed by atoms with Gasteiger partial charge in [-0.15, -0.1) is 0 Å². The fourth-order valence-corrected chi connectivity index (χ4v) is 3.76. The average molecular weight is 503 g/mol. The predicted molar refractivity (Wildman–Crippen MR) is 116 cm³/mol. The maximum Gasteiger partial charge on any atom is 0.268 e. The summed E-state index contributed by atoms with van der Waals surface area (Å²) in [6, 6.07) is 18.6. The topological polar surface area (TPSA) is 66.5 Å². The number of para-hydroxylation sites is 1. The Bertz CT molecular complexity index is 1130. The van der Waals surface area contributed by atoms with Crippen LogP contribution in [0, 0.1) is 3.57 Å². The summed E-state index contributed by atoms with van der Waals surface area (Å²) in [5, 5.41) is 3.03. The van der Waals surface area contributed by atoms with Gasteiger partial charge in [-0.25, -0.2) is 4.90 Å². The third-order valence-corrected chi connectivity index (χ3v) is 5.35. The molecule has 4 rings (SSSR count). The van der Waals surface area contributed by atoms with Gasteiger partial charge in [0.25, 0.3) is 17.7 Å². The highest BCUT2D eigenvalue weighted by atomic mass is 127. The Balaban J connectivity index is 1.72. The predicted octanol–water partition coefficient (Wildman–Crippen LogP) is 5.00. The summed E-state index contributed by atoms with van der Waals surface area (Å²) in [5.41, 5.74) is 1.47. The van der Waals surface area contributed by atoms with Crippen molar-refractivity contribution in [2.24, 2.45) is 0 Å². The second kappa shape index (κ2) is 7.37. The minimum Gasteiger partial charge on any atom is -0.321 e. The zero-order valence-corrected chi connectivity index (χ0v) is 17.2. The van der Waals surface area contributed by atoms with Gasteiger partial charge in [0.2, 0.25) is 0 Å². The Morgan fingerprint density at radius 3 is 2.43 bits per heavy atom. The highest BCUT2D eigenvalue weighted by Gasteiger charge is 2.38. The fraction of sp³-hybridized carbons (Fsp3) is 0. The number of fused-ring (bicyclic) bond motifs is 1. The molecule has 0 radical (unpaired) electrons. The Morgan fingerprint density at radius 1 is 0.929 bits per heavy atom. The standard InChI is InChI=1S/C21H12ClIN2O3/c22-16-10-9-12(23)11-15(16)19(26)24-17-8-4-7-14-18(17)21(28)25(20(14)27)13-5-2-1-3-6-13/h1-11H,(H,24,26). The van der Waals surface area contributed by atoms with E-state index in [9.17, 15) is 14.4 Å². The number of halogens is 2. The molecule has 0 saturated carbocycles. The molecule has 0 fully saturated rings. The molecule has 138 valence electrons. The first-order valence-corrected chi connectivity index (χ1v) is 9.76. The molecule has 1 heterocycles. The number of carbonyl (C=O) groups is 3. The number of anilines is 2. The molecule has 0 aromatic heterocycles. The van der Waals surface area contributed by atoms with Crippen LogP contribution in [0.15, 0.2) is 66.7 Å². The maximum atomic E-state index is 13.0. The van der Waals surface area contributed by atoms with E-state index in [1.165, 1.54) is 0 Å². The van der Waals surface area contributed by atoms with Crippen molar-refractivity contribution in [3.05, 3.63) is 92.0 Å². The van der Waals surface area contributed by atoms with Crippen LogP contribution in [-0.4, -0.2) is 17.7 Å². The molecular formula is C21H12ClIN2O3. The van der Waals surface area contributed by atoms with E-state index in [-0.39, 0.29) is 16.8 Å². The number of hydrogen-bond donors (Lipinski definition) is 1. The largest absolute Gasteiger partial charge is 0.321 e. The molecule has 3 amide bonds. The van der Waals surface area contributed by atoms with Crippen molar-refractivity contribution in [3.8, 4) is 0 Å². The smallest absolute Gasteiger partial charge is 0.268 e. The zero-order chi connectivity index (χ0) is 19.8. The van der Waals surface area contributed by atoms with Gasteiger partial charge in [-0.05, 0) is 65.1 Å². The number of imide groups is 1. The fourth-order valence-electron chi connectivity index (χ4n) is 3.06. The van der Waals surface area contributed by atoms with Crippen molar-refractivity contribution >= 4 is 63.3 Å². The molecule has 0 unspecified atom stereocenters. The second-order valence-electron chi connectivity index (χ2n) is 6.09. The van der Waals surface area contributed by atoms with Crippen molar-refractivity contribution in [1.29, 1.82) is 0 Å². The van der Waals surface area contributed by atoms with Gasteiger partial charge in [0, 0.05) is 3.57 Å². The number of amides is 3. The monoisotopic (exact) mass is 502 g/mol. The Hall–Kier alpha value is -2.71. The summed E-state index contributed by atoms with van der Waals surface area (Å²) in [6.07, 6.45) is 0. The van der Waals surface area contributed by atoms with E-state index in [0.717, 1.165) is 8.47 Å². The number of nitrogens with zero attached hydrogens (tertiary/aromatic N) is 1. The van der Waals surface area contributed by atoms with Gasteiger partial charge in [-0.2, -0.15) is 0 Å². The summed E-state index contributed by atoms with van der Waals surface area (Å²) >= 11 is 8.22. The third kappa shape index (κ3) is 3.18. The van der Waals surface area contributed by atoms with Gasteiger partial charge in [-0.1, -0.05) is 35.9 Å². The second-order valence-corrected chi connectivity index (χ2v) is 7.74. The molecule has 7 heteroatoms. The molecule has 1 aliphatic heterocycles. The van der Waals surface area contributed by atoms with Crippen molar-refractivity contribution in [3.63, 3.8) is 0 Å². The molecule has 5 nitrogen and oxygen atoms in total. The van der Waals surface area contributed by atoms with Crippen LogP contribution in [0.25, 0.3) is 0 Å². The highest BCUT2D eigenvalue weighted by Crippen LogP contribution is 2.33. The first-order valence-electron chi connectivity index (χ1n) is 8.30. The van der Waals surface area contributed by atoms with E-state index >= 15 is 0 Å². The van der Waals surface area contributed by atoms with Gasteiger partial charge >= 0.3 is 0 Å². The molecule has 3 aromatic rings. The summed E-state index contributed by atoms with van der Waals surface area (Å²) in [6.45, 7) is 0. The zero-order valence-electron chi connectivity index (χ0n) is 14.3. The first kappa shape index (κ1) is 18.6. The van der Waals surface area contributed by atoms with E-state index in [0.29, 0.717) is 16.3 Å². The van der Waals surface area contributed by atoms with Crippen LogP contribution in [0.3, 0.4) is 0 Å². The number of nitrogens with one attached hydrogen (secondary N) is 1. The first-order chi connectivity index (χ1) is 13.5. The highest BCUT2D eigenvalue weighted by molar-refractivity contribution is 14.1. The summed E-state index contributed by atoms with van der Waals surface area (Å²) in [7, 11) is 0. The lowest BCUT2D eigenvalue weighted by molar-refractivity contribution is 0.0926. The summed E-state index contributed by atoms with van der Waals surface area (Å²) in [5.74, 6) is -1.35. The Labute approximate surface area is 179 Å². The summed E-state index contributed by atoms with van der Waals surface area (Å²) < 4.78 is 0.854. The molecule has 0 bridgehead atoms. The minimum absolute atomic E-state index is 0.173. The van der Waals surface area contributed by atoms with Gasteiger partial charge in [-0.3, -0.25) is 14.4 Å². The molecule has 1 aliphatic rings. The van der Waals surface area contributed by atoms with Crippen LogP contribution in [0.1, 0.15) is 31.1 Å². The van der Waals surface area contributed by atoms with E-state index in [1.54, 1.807) is 66.7 Å². The lowest BCUT2D eigenvalue weighted by Crippen LogP contribution is -2.29. The molecule has 3 aromatic carbocycles. The van der Waals surface area contributed by atoms with Gasteiger partial charge in [0.15, 0.2) is 0 Å². The van der Waals surface area contributed by atoms with Crippen molar-refractivity contribution in [2.75, 3.05) is 10.2 Å². The van der Waals surface area contributed by atoms with E-state index in [1.807, 2.05) is 0 Å². The molecule has 0 atom stereocenters.